The molecule has 1 atom stereocenters. The molecule has 1 aromatic heterocycles. The number of likely N-dealkylation sites (N-methyl/N-ethyl adjacent to an activating group) is 1. The van der Waals surface area contributed by atoms with Gasteiger partial charge in [0.1, 0.15) is 11.4 Å². The standard InChI is InChI=1S/C32H40N4O3/c1-4-36-28(22-27(33-36)25-12-6-5-7-13-25)31(38)35-20-18-32(19-21-35)17-11-10-15-26-14-8-9-16-29(26)39-24(2)30(37)34(3)23-32/h5-9,12-14,16,22,24H,4,10-11,15,17-21,23H2,1-3H3/t24-/m1/s1. The molecule has 1 saturated heterocycles. The van der Waals surface area contributed by atoms with Gasteiger partial charge >= 0.3 is 0 Å². The summed E-state index contributed by atoms with van der Waals surface area (Å²) in [6.45, 7) is 6.56. The van der Waals surface area contributed by atoms with Crippen LogP contribution in [0.2, 0.25) is 0 Å². The topological polar surface area (TPSA) is 67.7 Å². The smallest absolute Gasteiger partial charge is 0.272 e. The van der Waals surface area contributed by atoms with Gasteiger partial charge in [-0.05, 0) is 69.1 Å². The maximum atomic E-state index is 13.7. The number of ether oxygens (including phenoxy) is 1. The highest BCUT2D eigenvalue weighted by Gasteiger charge is 2.39. The minimum absolute atomic E-state index is 0.000174. The second kappa shape index (κ2) is 11.6. The van der Waals surface area contributed by atoms with E-state index in [4.69, 9.17) is 9.84 Å². The predicted octanol–water partition coefficient (Wildman–Crippen LogP) is 5.44. The molecular weight excluding hydrogens is 488 g/mol. The quantitative estimate of drug-likeness (QED) is 0.454. The van der Waals surface area contributed by atoms with E-state index < -0.39 is 6.10 Å². The third kappa shape index (κ3) is 5.87. The van der Waals surface area contributed by atoms with E-state index in [0.29, 0.717) is 31.9 Å². The van der Waals surface area contributed by atoms with Gasteiger partial charge in [-0.25, -0.2) is 0 Å². The predicted molar refractivity (Wildman–Crippen MR) is 153 cm³/mol. The number of nitrogens with zero attached hydrogens (tertiary/aromatic N) is 4. The van der Waals surface area contributed by atoms with Crippen LogP contribution in [0, 0.1) is 5.41 Å². The van der Waals surface area contributed by atoms with E-state index in [1.54, 1.807) is 0 Å². The van der Waals surface area contributed by atoms with Crippen LogP contribution in [0.1, 0.15) is 62.0 Å². The maximum absolute atomic E-state index is 13.7. The van der Waals surface area contributed by atoms with Crippen molar-refractivity contribution in [3.63, 3.8) is 0 Å². The SMILES string of the molecule is CCn1nc(-c2ccccc2)cc1C(=O)N1CCC2(CCCCc3ccccc3O[C@H](C)C(=O)N(C)C2)CC1. The van der Waals surface area contributed by atoms with Gasteiger partial charge in [0.2, 0.25) is 0 Å². The van der Waals surface area contributed by atoms with Gasteiger partial charge in [-0.15, -0.1) is 0 Å². The fourth-order valence-corrected chi connectivity index (χ4v) is 6.19. The molecule has 7 heteroatoms. The van der Waals surface area contributed by atoms with Crippen molar-refractivity contribution in [3.8, 4) is 17.0 Å². The molecule has 39 heavy (non-hydrogen) atoms. The molecule has 0 radical (unpaired) electrons. The van der Waals surface area contributed by atoms with E-state index in [2.05, 4.69) is 6.07 Å². The number of carbonyl (C=O) groups is 2. The molecule has 3 aromatic rings. The number of aromatic nitrogens is 2. The molecule has 2 aromatic carbocycles. The molecule has 5 rings (SSSR count). The number of hydrogen-bond donors (Lipinski definition) is 0. The first-order valence-electron chi connectivity index (χ1n) is 14.3. The van der Waals surface area contributed by atoms with Crippen molar-refractivity contribution in [1.29, 1.82) is 0 Å². The molecule has 0 saturated carbocycles. The van der Waals surface area contributed by atoms with E-state index >= 15 is 0 Å². The van der Waals surface area contributed by atoms with Crippen LogP contribution in [-0.2, 0) is 17.8 Å². The molecule has 206 valence electrons. The normalized spacial score (nSPS) is 20.1. The Kier molecular flexibility index (Phi) is 8.05. The fourth-order valence-electron chi connectivity index (χ4n) is 6.19. The highest BCUT2D eigenvalue weighted by atomic mass is 16.5. The summed E-state index contributed by atoms with van der Waals surface area (Å²) in [5.74, 6) is 0.858. The van der Waals surface area contributed by atoms with Crippen molar-refractivity contribution in [2.75, 3.05) is 26.7 Å². The first-order chi connectivity index (χ1) is 18.9. The number of piperidine rings is 1. The summed E-state index contributed by atoms with van der Waals surface area (Å²) in [4.78, 5) is 30.8. The molecule has 0 unspecified atom stereocenters. The summed E-state index contributed by atoms with van der Waals surface area (Å²) in [6, 6.07) is 20.0. The molecule has 1 fully saturated rings. The first-order valence-corrected chi connectivity index (χ1v) is 14.3. The number of aryl methyl sites for hydroxylation is 2. The number of fused-ring (bicyclic) bond motifs is 1. The molecule has 0 N–H and O–H groups in total. The average molecular weight is 529 g/mol. The van der Waals surface area contributed by atoms with Crippen LogP contribution in [0.4, 0.5) is 0 Å². The molecule has 0 aliphatic carbocycles. The van der Waals surface area contributed by atoms with Gasteiger partial charge in [-0.1, -0.05) is 55.0 Å². The van der Waals surface area contributed by atoms with Gasteiger partial charge in [0.05, 0.1) is 5.69 Å². The lowest BCUT2D eigenvalue weighted by Crippen LogP contribution is -2.50. The van der Waals surface area contributed by atoms with Crippen molar-refractivity contribution >= 4 is 11.8 Å². The van der Waals surface area contributed by atoms with Crippen LogP contribution < -0.4 is 4.74 Å². The summed E-state index contributed by atoms with van der Waals surface area (Å²) in [7, 11) is 1.89. The van der Waals surface area contributed by atoms with Gasteiger partial charge in [0, 0.05) is 38.8 Å². The zero-order valence-corrected chi connectivity index (χ0v) is 23.4. The minimum Gasteiger partial charge on any atom is -0.481 e. The molecule has 3 heterocycles. The zero-order valence-electron chi connectivity index (χ0n) is 23.4. The van der Waals surface area contributed by atoms with Crippen molar-refractivity contribution in [2.45, 2.75) is 65.0 Å². The zero-order chi connectivity index (χ0) is 27.4. The van der Waals surface area contributed by atoms with Crippen LogP contribution in [0.3, 0.4) is 0 Å². The van der Waals surface area contributed by atoms with Gasteiger partial charge in [0.25, 0.3) is 11.8 Å². The maximum Gasteiger partial charge on any atom is 0.272 e. The van der Waals surface area contributed by atoms with Gasteiger partial charge < -0.3 is 14.5 Å². The van der Waals surface area contributed by atoms with Crippen molar-refractivity contribution in [2.24, 2.45) is 5.41 Å². The fraction of sp³-hybridized carbons (Fsp3) is 0.469. The average Bonchev–Trinajstić information content (AvgIpc) is 3.40. The number of para-hydroxylation sites is 1. The Hall–Kier alpha value is -3.61. The van der Waals surface area contributed by atoms with Gasteiger partial charge in [-0.3, -0.25) is 14.3 Å². The lowest BCUT2D eigenvalue weighted by Gasteiger charge is -2.44. The van der Waals surface area contributed by atoms with Crippen LogP contribution in [0.5, 0.6) is 5.75 Å². The molecule has 1 spiro atoms. The van der Waals surface area contributed by atoms with Crippen molar-refractivity contribution < 1.29 is 14.3 Å². The number of likely N-dealkylation sites (tertiary alicyclic amines) is 1. The number of carbonyl (C=O) groups excluding carboxylic acids is 2. The molecule has 2 amide bonds. The molecule has 2 aliphatic heterocycles. The minimum atomic E-state index is -0.539. The molecule has 2 aliphatic rings. The lowest BCUT2D eigenvalue weighted by atomic mass is 9.73. The Morgan fingerprint density at radius 2 is 1.74 bits per heavy atom. The van der Waals surface area contributed by atoms with E-state index in [0.717, 1.165) is 61.1 Å². The molecule has 7 nitrogen and oxygen atoms in total. The third-order valence-corrected chi connectivity index (χ3v) is 8.46. The Balaban J connectivity index is 1.30. The summed E-state index contributed by atoms with van der Waals surface area (Å²) in [5.41, 5.74) is 3.64. The van der Waals surface area contributed by atoms with Crippen LogP contribution in [0.15, 0.2) is 60.7 Å². The highest BCUT2D eigenvalue weighted by Crippen LogP contribution is 2.39. The Morgan fingerprint density at radius 3 is 2.49 bits per heavy atom. The van der Waals surface area contributed by atoms with E-state index in [1.807, 2.05) is 90.0 Å². The van der Waals surface area contributed by atoms with Crippen LogP contribution >= 0.6 is 0 Å². The van der Waals surface area contributed by atoms with E-state index in [-0.39, 0.29) is 17.2 Å². The summed E-state index contributed by atoms with van der Waals surface area (Å²) in [5, 5.41) is 4.71. The number of amides is 2. The Labute approximate surface area is 231 Å². The highest BCUT2D eigenvalue weighted by molar-refractivity contribution is 5.94. The number of hydrogen-bond acceptors (Lipinski definition) is 4. The summed E-state index contributed by atoms with van der Waals surface area (Å²) >= 11 is 0. The van der Waals surface area contributed by atoms with Crippen LogP contribution in [0.25, 0.3) is 11.3 Å². The van der Waals surface area contributed by atoms with E-state index in [1.165, 1.54) is 0 Å². The molecule has 0 bridgehead atoms. The van der Waals surface area contributed by atoms with Gasteiger partial charge in [0.15, 0.2) is 6.10 Å². The summed E-state index contributed by atoms with van der Waals surface area (Å²) in [6.07, 6.45) is 5.38. The largest absolute Gasteiger partial charge is 0.481 e. The third-order valence-electron chi connectivity index (χ3n) is 8.46. The number of rotatable bonds is 3. The first kappa shape index (κ1) is 27.0. The second-order valence-electron chi connectivity index (χ2n) is 11.2. The van der Waals surface area contributed by atoms with Crippen LogP contribution in [-0.4, -0.2) is 64.2 Å². The lowest BCUT2D eigenvalue weighted by molar-refractivity contribution is -0.138. The Bertz CT molecular complexity index is 1290. The second-order valence-corrected chi connectivity index (χ2v) is 11.2. The van der Waals surface area contributed by atoms with E-state index in [9.17, 15) is 9.59 Å². The summed E-state index contributed by atoms with van der Waals surface area (Å²) < 4.78 is 7.94. The molecular formula is C32H40N4O3. The van der Waals surface area contributed by atoms with Crippen molar-refractivity contribution in [3.05, 3.63) is 71.9 Å². The number of benzene rings is 2. The van der Waals surface area contributed by atoms with Crippen molar-refractivity contribution in [1.82, 2.24) is 19.6 Å². The Morgan fingerprint density at radius 1 is 1.03 bits per heavy atom. The monoisotopic (exact) mass is 528 g/mol. The van der Waals surface area contributed by atoms with Gasteiger partial charge in [-0.2, -0.15) is 5.10 Å².